The zero-order valence-corrected chi connectivity index (χ0v) is 16.4. The van der Waals surface area contributed by atoms with Crippen LogP contribution in [0.4, 0.5) is 0 Å². The molecule has 0 spiro atoms. The van der Waals surface area contributed by atoms with Gasteiger partial charge >= 0.3 is 26.2 Å². The maximum absolute atomic E-state index is 3.84. The summed E-state index contributed by atoms with van der Waals surface area (Å²) in [4.78, 5) is 0. The molecule has 0 amide bonds. The van der Waals surface area contributed by atoms with Crippen molar-refractivity contribution in [3.63, 3.8) is 0 Å². The molecular formula is C16H14Cl2N4Zr. The van der Waals surface area contributed by atoms with Crippen LogP contribution in [0.2, 0.25) is 0 Å². The first-order valence-corrected chi connectivity index (χ1v) is 6.46. The molecule has 1 aliphatic carbocycles. The smallest absolute Gasteiger partial charge is 1.00 e. The van der Waals surface area contributed by atoms with E-state index in [-0.39, 0.29) is 51.0 Å². The van der Waals surface area contributed by atoms with Crippen molar-refractivity contribution in [1.29, 1.82) is 0 Å². The number of hydrogen-bond donors (Lipinski definition) is 0. The first-order chi connectivity index (χ1) is 9.83. The number of hydrogen-bond acceptors (Lipinski definition) is 3. The number of tetrazole rings is 1. The molecule has 3 aromatic rings. The Hall–Kier alpha value is -1.16. The van der Waals surface area contributed by atoms with Gasteiger partial charge in [-0.3, -0.25) is 6.08 Å². The Balaban J connectivity index is 0.000000469. The summed E-state index contributed by atoms with van der Waals surface area (Å²) in [5.41, 5.74) is 2.27. The number of nitrogens with zero attached hydrogens (tertiary/aromatic N) is 4. The summed E-state index contributed by atoms with van der Waals surface area (Å²) < 4.78 is 1.65. The van der Waals surface area contributed by atoms with Gasteiger partial charge in [-0.2, -0.15) is 6.08 Å². The average Bonchev–Trinajstić information content (AvgIpc) is 3.20. The Morgan fingerprint density at radius 1 is 1.22 bits per heavy atom. The van der Waals surface area contributed by atoms with Crippen LogP contribution in [0.15, 0.2) is 60.5 Å². The van der Waals surface area contributed by atoms with Crippen molar-refractivity contribution in [1.82, 2.24) is 20.2 Å². The predicted octanol–water partition coefficient (Wildman–Crippen LogP) is -2.76. The van der Waals surface area contributed by atoms with E-state index in [0.717, 1.165) is 12.1 Å². The number of rotatable bonds is 1. The van der Waals surface area contributed by atoms with Crippen LogP contribution in [0.5, 0.6) is 0 Å². The van der Waals surface area contributed by atoms with Crippen molar-refractivity contribution in [2.75, 3.05) is 0 Å². The van der Waals surface area contributed by atoms with Crippen LogP contribution in [0, 0.1) is 6.08 Å². The molecule has 0 radical (unpaired) electrons. The fraction of sp³-hybridized carbons (Fsp3) is 0.125. The van der Waals surface area contributed by atoms with Gasteiger partial charge in [0.25, 0.3) is 0 Å². The summed E-state index contributed by atoms with van der Waals surface area (Å²) in [5, 5.41) is 13.5. The number of allylic oxidation sites excluding steroid dienone is 4. The van der Waals surface area contributed by atoms with Crippen LogP contribution < -0.4 is 24.8 Å². The van der Waals surface area contributed by atoms with E-state index >= 15 is 0 Å². The van der Waals surface area contributed by atoms with Crippen molar-refractivity contribution in [3.8, 4) is 5.69 Å². The molecule has 0 bridgehead atoms. The molecule has 0 N–H and O–H groups in total. The second kappa shape index (κ2) is 10.6. The molecule has 0 fully saturated rings. The van der Waals surface area contributed by atoms with Gasteiger partial charge in [0.15, 0.2) is 0 Å². The van der Waals surface area contributed by atoms with E-state index in [9.17, 15) is 0 Å². The minimum atomic E-state index is 0. The molecule has 4 nitrogen and oxygen atoms in total. The molecular weight excluding hydrogens is 410 g/mol. The van der Waals surface area contributed by atoms with Crippen molar-refractivity contribution >= 4 is 10.8 Å². The van der Waals surface area contributed by atoms with E-state index in [1.807, 2.05) is 12.1 Å². The predicted molar refractivity (Wildman–Crippen MR) is 78.4 cm³/mol. The van der Waals surface area contributed by atoms with Crippen LogP contribution in [0.25, 0.3) is 16.5 Å². The van der Waals surface area contributed by atoms with Crippen molar-refractivity contribution in [2.24, 2.45) is 0 Å². The minimum absolute atomic E-state index is 0. The SMILES string of the molecule is CC1=[C-]CC=C1.[Cl-].[Cl-].[Zr+4].c1ccc2[cH-]c(-n3cnnn3)cc2c1. The molecule has 1 aliphatic rings. The van der Waals surface area contributed by atoms with Gasteiger partial charge in [-0.15, -0.1) is 52.6 Å². The van der Waals surface area contributed by atoms with Gasteiger partial charge < -0.3 is 24.8 Å². The monoisotopic (exact) mass is 422 g/mol. The van der Waals surface area contributed by atoms with E-state index in [1.165, 1.54) is 16.3 Å². The molecule has 0 saturated carbocycles. The summed E-state index contributed by atoms with van der Waals surface area (Å²) in [6.45, 7) is 2.06. The van der Waals surface area contributed by atoms with Crippen LogP contribution in [-0.2, 0) is 26.2 Å². The quantitative estimate of drug-likeness (QED) is 0.398. The Morgan fingerprint density at radius 3 is 2.52 bits per heavy atom. The zero-order chi connectivity index (χ0) is 13.8. The van der Waals surface area contributed by atoms with Gasteiger partial charge in [0.05, 0.1) is 0 Å². The third kappa shape index (κ3) is 5.76. The number of fused-ring (bicyclic) bond motifs is 1. The van der Waals surface area contributed by atoms with Crippen LogP contribution in [0.3, 0.4) is 0 Å². The first-order valence-electron chi connectivity index (χ1n) is 6.46. The molecule has 4 rings (SSSR count). The van der Waals surface area contributed by atoms with Gasteiger partial charge in [0.1, 0.15) is 6.33 Å². The average molecular weight is 424 g/mol. The molecule has 23 heavy (non-hydrogen) atoms. The van der Waals surface area contributed by atoms with Gasteiger partial charge in [-0.25, -0.2) is 16.3 Å². The largest absolute Gasteiger partial charge is 4.00 e. The Labute approximate surface area is 167 Å². The van der Waals surface area contributed by atoms with E-state index in [2.05, 4.69) is 64.9 Å². The fourth-order valence-corrected chi connectivity index (χ4v) is 2.06. The maximum Gasteiger partial charge on any atom is 4.00 e. The molecule has 0 saturated heterocycles. The van der Waals surface area contributed by atoms with E-state index in [4.69, 9.17) is 0 Å². The summed E-state index contributed by atoms with van der Waals surface area (Å²) in [5.74, 6) is 0. The minimum Gasteiger partial charge on any atom is -1.00 e. The van der Waals surface area contributed by atoms with E-state index < -0.39 is 0 Å². The molecule has 1 heterocycles. The number of halogens is 2. The van der Waals surface area contributed by atoms with Crippen molar-refractivity contribution < 1.29 is 51.0 Å². The van der Waals surface area contributed by atoms with Gasteiger partial charge in [0.2, 0.25) is 0 Å². The van der Waals surface area contributed by atoms with Crippen molar-refractivity contribution in [2.45, 2.75) is 13.3 Å². The molecule has 0 unspecified atom stereocenters. The summed E-state index contributed by atoms with van der Waals surface area (Å²) >= 11 is 0. The molecule has 7 heteroatoms. The summed E-state index contributed by atoms with van der Waals surface area (Å²) in [6, 6.07) is 12.3. The normalized spacial score (nSPS) is 11.4. The zero-order valence-electron chi connectivity index (χ0n) is 12.4. The summed E-state index contributed by atoms with van der Waals surface area (Å²) in [6.07, 6.45) is 9.93. The second-order valence-corrected chi connectivity index (χ2v) is 4.56. The van der Waals surface area contributed by atoms with Gasteiger partial charge in [-0.05, 0) is 16.1 Å². The Bertz CT molecular complexity index is 728. The van der Waals surface area contributed by atoms with Crippen LogP contribution in [0.1, 0.15) is 13.3 Å². The maximum atomic E-state index is 3.84. The standard InChI is InChI=1S/C10H7N4.C6H7.2ClH.Zr/c1-2-4-9-6-10(5-8(9)3-1)14-7-11-12-13-14;1-6-4-2-3-5-6;;;/h1-7H;2,4H,3H2,1H3;2*1H;/q2*-1;;;+4/p-2. The Kier molecular flexibility index (Phi) is 10.1. The van der Waals surface area contributed by atoms with Gasteiger partial charge in [-0.1, -0.05) is 13.0 Å². The van der Waals surface area contributed by atoms with Crippen molar-refractivity contribution in [3.05, 3.63) is 66.5 Å². The molecule has 2 aromatic carbocycles. The third-order valence-electron chi connectivity index (χ3n) is 3.08. The van der Waals surface area contributed by atoms with Crippen LogP contribution in [-0.4, -0.2) is 20.2 Å². The topological polar surface area (TPSA) is 43.6 Å². The molecule has 1 aromatic heterocycles. The number of benzene rings is 1. The second-order valence-electron chi connectivity index (χ2n) is 4.56. The number of aromatic nitrogens is 4. The summed E-state index contributed by atoms with van der Waals surface area (Å²) in [7, 11) is 0. The van der Waals surface area contributed by atoms with Gasteiger partial charge in [0, 0.05) is 0 Å². The van der Waals surface area contributed by atoms with E-state index in [0.29, 0.717) is 0 Å². The van der Waals surface area contributed by atoms with Crippen LogP contribution >= 0.6 is 0 Å². The third-order valence-corrected chi connectivity index (χ3v) is 3.08. The first kappa shape index (κ1) is 21.8. The van der Waals surface area contributed by atoms with E-state index in [1.54, 1.807) is 11.0 Å². The molecule has 0 atom stereocenters. The Morgan fingerprint density at radius 2 is 2.00 bits per heavy atom. The fourth-order valence-electron chi connectivity index (χ4n) is 2.06. The molecule has 0 aliphatic heterocycles. The molecule has 116 valence electrons.